The third-order valence-electron chi connectivity index (χ3n) is 5.36. The Balaban J connectivity index is 1.74. The standard InChI is InChI=1S/C23H20FN5O3/c1-29(2)13-27-22-28-23(7-9-31-22)17-10-14(16-4-3-8-25-20(16)24)5-6-19(17)32-21-18(23)11-15(30)12-26-21/h3-6,8,10-13,30H,7,9H2,1-2H3/b27-13+/t23-/m0/s1. The van der Waals surface area contributed by atoms with Crippen LogP contribution in [0.1, 0.15) is 17.5 Å². The molecular formula is C23H20FN5O3. The molecule has 162 valence electrons. The number of aromatic nitrogens is 2. The highest BCUT2D eigenvalue weighted by molar-refractivity contribution is 5.84. The lowest BCUT2D eigenvalue weighted by Crippen LogP contribution is -2.36. The molecule has 4 heterocycles. The van der Waals surface area contributed by atoms with Crippen LogP contribution >= 0.6 is 0 Å². The van der Waals surface area contributed by atoms with Crippen molar-refractivity contribution in [1.82, 2.24) is 14.9 Å². The Bertz CT molecular complexity index is 1260. The number of pyridine rings is 2. The lowest BCUT2D eigenvalue weighted by atomic mass is 9.78. The van der Waals surface area contributed by atoms with E-state index < -0.39 is 11.5 Å². The van der Waals surface area contributed by atoms with Crippen molar-refractivity contribution >= 4 is 12.4 Å². The van der Waals surface area contributed by atoms with Gasteiger partial charge in [0.2, 0.25) is 11.8 Å². The fourth-order valence-corrected chi connectivity index (χ4v) is 3.94. The molecule has 0 aliphatic carbocycles. The molecule has 5 rings (SSSR count). The van der Waals surface area contributed by atoms with Gasteiger partial charge < -0.3 is 19.5 Å². The Hall–Kier alpha value is -4.01. The second-order valence-electron chi connectivity index (χ2n) is 7.76. The van der Waals surface area contributed by atoms with Crippen LogP contribution in [0.3, 0.4) is 0 Å². The SMILES string of the molecule is CN(C)/C=N/C1=N[C@@]2(CCO1)c1cc(-c3cccnc3F)ccc1Oc1ncc(O)cc12. The fraction of sp³-hybridized carbons (Fsp3) is 0.217. The van der Waals surface area contributed by atoms with Gasteiger partial charge in [-0.05, 0) is 35.9 Å². The Morgan fingerprint density at radius 1 is 1.19 bits per heavy atom. The molecule has 0 bridgehead atoms. The Morgan fingerprint density at radius 3 is 2.88 bits per heavy atom. The molecule has 3 aromatic rings. The van der Waals surface area contributed by atoms with Gasteiger partial charge >= 0.3 is 6.02 Å². The lowest BCUT2D eigenvalue weighted by Gasteiger charge is -2.38. The van der Waals surface area contributed by atoms with E-state index >= 15 is 0 Å². The zero-order valence-corrected chi connectivity index (χ0v) is 17.5. The maximum atomic E-state index is 14.4. The molecule has 32 heavy (non-hydrogen) atoms. The number of aromatic hydroxyl groups is 1. The first kappa shape index (κ1) is 19.9. The molecule has 2 aliphatic rings. The van der Waals surface area contributed by atoms with E-state index in [2.05, 4.69) is 15.0 Å². The average molecular weight is 433 g/mol. The van der Waals surface area contributed by atoms with Gasteiger partial charge in [0.25, 0.3) is 0 Å². The van der Waals surface area contributed by atoms with Gasteiger partial charge in [-0.25, -0.2) is 15.0 Å². The van der Waals surface area contributed by atoms with Crippen LogP contribution in [0.2, 0.25) is 0 Å². The zero-order chi connectivity index (χ0) is 22.3. The maximum absolute atomic E-state index is 14.4. The second kappa shape index (κ2) is 7.60. The molecule has 1 N–H and O–H groups in total. The minimum Gasteiger partial charge on any atom is -0.506 e. The number of benzene rings is 1. The van der Waals surface area contributed by atoms with Crippen LogP contribution in [0.25, 0.3) is 11.1 Å². The summed E-state index contributed by atoms with van der Waals surface area (Å²) in [5.74, 6) is 0.317. The molecule has 1 aromatic carbocycles. The molecule has 9 heteroatoms. The molecule has 2 aromatic heterocycles. The smallest absolute Gasteiger partial charge is 0.314 e. The quantitative estimate of drug-likeness (QED) is 0.376. The number of aliphatic imine (C=N–C) groups is 2. The average Bonchev–Trinajstić information content (AvgIpc) is 2.79. The molecule has 0 saturated heterocycles. The summed E-state index contributed by atoms with van der Waals surface area (Å²) in [6, 6.07) is 10.5. The van der Waals surface area contributed by atoms with Gasteiger partial charge in [-0.3, -0.25) is 0 Å². The van der Waals surface area contributed by atoms with Gasteiger partial charge in [0.1, 0.15) is 17.0 Å². The van der Waals surface area contributed by atoms with E-state index in [-0.39, 0.29) is 11.8 Å². The zero-order valence-electron chi connectivity index (χ0n) is 17.5. The Labute approximate surface area is 183 Å². The van der Waals surface area contributed by atoms with E-state index in [1.54, 1.807) is 41.6 Å². The molecule has 0 unspecified atom stereocenters. The maximum Gasteiger partial charge on any atom is 0.314 e. The summed E-state index contributed by atoms with van der Waals surface area (Å²) in [4.78, 5) is 19.0. The third kappa shape index (κ3) is 3.31. The minimum absolute atomic E-state index is 0.00957. The normalized spacial score (nSPS) is 19.0. The molecular weight excluding hydrogens is 413 g/mol. The van der Waals surface area contributed by atoms with Crippen molar-refractivity contribution in [3.05, 3.63) is 65.9 Å². The Morgan fingerprint density at radius 2 is 2.06 bits per heavy atom. The van der Waals surface area contributed by atoms with E-state index in [9.17, 15) is 9.50 Å². The molecule has 0 amide bonds. The van der Waals surface area contributed by atoms with Gasteiger partial charge in [-0.15, -0.1) is 0 Å². The molecule has 0 fully saturated rings. The summed E-state index contributed by atoms with van der Waals surface area (Å²) in [6.45, 7) is 0.337. The topological polar surface area (TPSA) is 92.4 Å². The van der Waals surface area contributed by atoms with Crippen molar-refractivity contribution in [2.75, 3.05) is 20.7 Å². The van der Waals surface area contributed by atoms with Crippen molar-refractivity contribution in [3.8, 4) is 28.5 Å². The summed E-state index contributed by atoms with van der Waals surface area (Å²) < 4.78 is 26.1. The molecule has 0 saturated carbocycles. The van der Waals surface area contributed by atoms with Crippen molar-refractivity contribution < 1.29 is 19.0 Å². The van der Waals surface area contributed by atoms with Crippen molar-refractivity contribution in [1.29, 1.82) is 0 Å². The highest BCUT2D eigenvalue weighted by Gasteiger charge is 2.46. The number of hydrogen-bond donors (Lipinski definition) is 1. The fourth-order valence-electron chi connectivity index (χ4n) is 3.94. The Kier molecular flexibility index (Phi) is 4.73. The number of nitrogens with zero attached hydrogens (tertiary/aromatic N) is 5. The molecule has 8 nitrogen and oxygen atoms in total. The van der Waals surface area contributed by atoms with Crippen LogP contribution in [0.15, 0.2) is 58.8 Å². The van der Waals surface area contributed by atoms with E-state index in [0.29, 0.717) is 46.9 Å². The van der Waals surface area contributed by atoms with Gasteiger partial charge in [-0.2, -0.15) is 9.38 Å². The number of ether oxygens (including phenoxy) is 2. The number of amidine groups is 1. The summed E-state index contributed by atoms with van der Waals surface area (Å²) in [5, 5.41) is 10.2. The molecule has 1 spiro atoms. The first-order chi connectivity index (χ1) is 15.5. The molecule has 2 aliphatic heterocycles. The van der Waals surface area contributed by atoms with Gasteiger partial charge in [0.05, 0.1) is 24.7 Å². The van der Waals surface area contributed by atoms with Crippen LogP contribution < -0.4 is 4.74 Å². The summed E-state index contributed by atoms with van der Waals surface area (Å²) in [6.07, 6.45) is 4.79. The number of fused-ring (bicyclic) bond motifs is 4. The van der Waals surface area contributed by atoms with Crippen molar-refractivity contribution in [3.63, 3.8) is 0 Å². The lowest BCUT2D eigenvalue weighted by molar-refractivity contribution is 0.218. The first-order valence-electron chi connectivity index (χ1n) is 10.0. The molecule has 0 radical (unpaired) electrons. The van der Waals surface area contributed by atoms with Crippen molar-refractivity contribution in [2.24, 2.45) is 9.98 Å². The second-order valence-corrected chi connectivity index (χ2v) is 7.76. The van der Waals surface area contributed by atoms with Crippen LogP contribution in [-0.4, -0.2) is 53.0 Å². The number of halogens is 1. The monoisotopic (exact) mass is 433 g/mol. The predicted octanol–water partition coefficient (Wildman–Crippen LogP) is 3.70. The van der Waals surface area contributed by atoms with Gasteiger partial charge in [0, 0.05) is 37.8 Å². The largest absolute Gasteiger partial charge is 0.506 e. The number of hydrogen-bond acceptors (Lipinski definition) is 7. The summed E-state index contributed by atoms with van der Waals surface area (Å²) >= 11 is 0. The van der Waals surface area contributed by atoms with E-state index in [4.69, 9.17) is 14.5 Å². The van der Waals surface area contributed by atoms with Gasteiger partial charge in [-0.1, -0.05) is 6.07 Å². The van der Waals surface area contributed by atoms with E-state index in [0.717, 1.165) is 0 Å². The van der Waals surface area contributed by atoms with E-state index in [1.165, 1.54) is 12.4 Å². The highest BCUT2D eigenvalue weighted by atomic mass is 19.1. The van der Waals surface area contributed by atoms with Crippen molar-refractivity contribution in [2.45, 2.75) is 12.0 Å². The summed E-state index contributed by atoms with van der Waals surface area (Å²) in [5.41, 5.74) is 1.33. The summed E-state index contributed by atoms with van der Waals surface area (Å²) in [7, 11) is 3.69. The minimum atomic E-state index is -0.972. The number of rotatable bonds is 2. The predicted molar refractivity (Wildman–Crippen MR) is 117 cm³/mol. The van der Waals surface area contributed by atoms with E-state index in [1.807, 2.05) is 20.2 Å². The first-order valence-corrected chi connectivity index (χ1v) is 10.0. The van der Waals surface area contributed by atoms with Gasteiger partial charge in [0.15, 0.2) is 0 Å². The van der Waals surface area contributed by atoms with Crippen LogP contribution in [0.5, 0.6) is 17.4 Å². The van der Waals surface area contributed by atoms with Crippen LogP contribution in [-0.2, 0) is 10.3 Å². The van der Waals surface area contributed by atoms with Crippen LogP contribution in [0.4, 0.5) is 4.39 Å². The highest BCUT2D eigenvalue weighted by Crippen LogP contribution is 2.52. The third-order valence-corrected chi connectivity index (χ3v) is 5.36. The van der Waals surface area contributed by atoms with Crippen LogP contribution in [0, 0.1) is 5.95 Å². The molecule has 1 atom stereocenters.